The van der Waals surface area contributed by atoms with Gasteiger partial charge in [-0.1, -0.05) is 12.8 Å². The van der Waals surface area contributed by atoms with Gasteiger partial charge in [0.05, 0.1) is 23.6 Å². The summed E-state index contributed by atoms with van der Waals surface area (Å²) in [6.07, 6.45) is 4.92. The molecule has 1 aromatic carbocycles. The van der Waals surface area contributed by atoms with Gasteiger partial charge in [-0.3, -0.25) is 4.57 Å². The van der Waals surface area contributed by atoms with Crippen LogP contribution in [-0.2, 0) is 9.24 Å². The third kappa shape index (κ3) is 5.32. The normalized spacial score (nSPS) is 21.5. The van der Waals surface area contributed by atoms with Crippen molar-refractivity contribution < 1.29 is 20.6 Å². The number of rotatable bonds is 6. The molecule has 0 saturated heterocycles. The van der Waals surface area contributed by atoms with E-state index in [2.05, 4.69) is 20.6 Å². The molecular formula is C23H25F4IN6O. The molecule has 0 atom stereocenters. The topological polar surface area (TPSA) is 76.9 Å². The Balaban J connectivity index is 1.47. The Hall–Kier alpha value is -2.22. The monoisotopic (exact) mass is 604 g/mol. The first kappa shape index (κ1) is 24.5. The summed E-state index contributed by atoms with van der Waals surface area (Å²) >= 11 is 1.95. The van der Waals surface area contributed by atoms with Crippen molar-refractivity contribution in [2.45, 2.75) is 75.7 Å². The summed E-state index contributed by atoms with van der Waals surface area (Å²) in [5.41, 5.74) is -0.137. The van der Waals surface area contributed by atoms with E-state index in [4.69, 9.17) is 8.05 Å². The van der Waals surface area contributed by atoms with E-state index >= 15 is 0 Å². The lowest BCUT2D eigenvalue weighted by Gasteiger charge is -2.27. The molecule has 2 aliphatic carbocycles. The third-order valence-electron chi connectivity index (χ3n) is 6.80. The first-order chi connectivity index (χ1) is 16.8. The number of nitrogens with zero attached hydrogens (tertiary/aromatic N) is 4. The molecule has 5 rings (SSSR count). The smallest absolute Gasteiger partial charge is 0.351 e. The van der Waals surface area contributed by atoms with Crippen molar-refractivity contribution in [1.82, 2.24) is 19.5 Å². The molecule has 35 heavy (non-hydrogen) atoms. The van der Waals surface area contributed by atoms with E-state index in [9.17, 15) is 17.6 Å². The number of hydrogen-bond acceptors (Lipinski definition) is 6. The highest BCUT2D eigenvalue weighted by Gasteiger charge is 2.32. The van der Waals surface area contributed by atoms with E-state index in [-0.39, 0.29) is 29.8 Å². The van der Waals surface area contributed by atoms with Gasteiger partial charge in [0.2, 0.25) is 11.9 Å². The fourth-order valence-electron chi connectivity index (χ4n) is 4.95. The van der Waals surface area contributed by atoms with Gasteiger partial charge < -0.3 is 13.7 Å². The van der Waals surface area contributed by atoms with E-state index < -0.39 is 17.6 Å². The standard InChI is InChI=1S/C23H25F4IN6O/c24-17-10-5-13(23(25,26)27)11-18(17)31-22-32-19-12-29-21(30-14-6-8-16(35-28)9-7-14)33-20(19)34(22)15-3-1-2-4-15/h5,10-12,14-16H,1-4,6-9H2,(H,31,32)(H,29,30,33). The average molecular weight is 604 g/mol. The predicted octanol–water partition coefficient (Wildman–Crippen LogP) is 6.93. The Morgan fingerprint density at radius 3 is 2.46 bits per heavy atom. The maximum absolute atomic E-state index is 14.5. The van der Waals surface area contributed by atoms with Crippen molar-refractivity contribution in [3.8, 4) is 0 Å². The summed E-state index contributed by atoms with van der Waals surface area (Å²) in [5, 5.41) is 6.21. The maximum atomic E-state index is 14.5. The van der Waals surface area contributed by atoms with E-state index in [0.717, 1.165) is 69.6 Å². The Morgan fingerprint density at radius 1 is 1.03 bits per heavy atom. The van der Waals surface area contributed by atoms with Crippen LogP contribution in [0.5, 0.6) is 0 Å². The van der Waals surface area contributed by atoms with E-state index in [1.165, 1.54) is 0 Å². The van der Waals surface area contributed by atoms with Gasteiger partial charge >= 0.3 is 6.18 Å². The molecule has 0 spiro atoms. The zero-order valence-electron chi connectivity index (χ0n) is 18.8. The molecule has 2 N–H and O–H groups in total. The summed E-state index contributed by atoms with van der Waals surface area (Å²) in [6, 6.07) is 2.60. The fourth-order valence-corrected chi connectivity index (χ4v) is 5.46. The Bertz CT molecular complexity index is 1190. The van der Waals surface area contributed by atoms with Gasteiger partial charge in [0.1, 0.15) is 34.3 Å². The molecule has 2 fully saturated rings. The lowest BCUT2D eigenvalue weighted by atomic mass is 9.93. The van der Waals surface area contributed by atoms with Crippen LogP contribution < -0.4 is 10.6 Å². The van der Waals surface area contributed by atoms with Gasteiger partial charge in [-0.25, -0.2) is 14.4 Å². The summed E-state index contributed by atoms with van der Waals surface area (Å²) in [6.45, 7) is 0. The number of benzene rings is 1. The lowest BCUT2D eigenvalue weighted by Crippen LogP contribution is -2.29. The van der Waals surface area contributed by atoms with Gasteiger partial charge in [-0.15, -0.1) is 0 Å². The van der Waals surface area contributed by atoms with Crippen LogP contribution in [0.2, 0.25) is 0 Å². The van der Waals surface area contributed by atoms with Gasteiger partial charge in [0.15, 0.2) is 5.65 Å². The molecule has 0 radical (unpaired) electrons. The lowest BCUT2D eigenvalue weighted by molar-refractivity contribution is -0.137. The molecule has 12 heteroatoms. The van der Waals surface area contributed by atoms with Gasteiger partial charge in [-0.05, 0) is 56.7 Å². The van der Waals surface area contributed by atoms with Crippen molar-refractivity contribution in [2.24, 2.45) is 0 Å². The van der Waals surface area contributed by atoms with Crippen LogP contribution in [0, 0.1) is 5.82 Å². The third-order valence-corrected chi connectivity index (χ3v) is 7.52. The molecule has 2 aliphatic rings. The second-order valence-corrected chi connectivity index (χ2v) is 9.68. The minimum Gasteiger partial charge on any atom is -0.351 e. The second kappa shape index (κ2) is 10.0. The summed E-state index contributed by atoms with van der Waals surface area (Å²) in [7, 11) is 0. The summed E-state index contributed by atoms with van der Waals surface area (Å²) < 4.78 is 61.4. The van der Waals surface area contributed by atoms with Gasteiger partial charge in [0, 0.05) is 12.1 Å². The molecule has 188 valence electrons. The number of aromatic nitrogens is 4. The van der Waals surface area contributed by atoms with Crippen LogP contribution in [0.3, 0.4) is 0 Å². The molecule has 2 heterocycles. The molecule has 3 aromatic rings. The minimum absolute atomic E-state index is 0.0651. The van der Waals surface area contributed by atoms with E-state index in [0.29, 0.717) is 17.1 Å². The molecule has 2 saturated carbocycles. The number of nitrogens with one attached hydrogen (secondary N) is 2. The molecule has 0 aliphatic heterocycles. The highest BCUT2D eigenvalue weighted by atomic mass is 127. The van der Waals surface area contributed by atoms with Crippen molar-refractivity contribution in [3.63, 3.8) is 0 Å². The predicted molar refractivity (Wildman–Crippen MR) is 132 cm³/mol. The zero-order valence-corrected chi connectivity index (χ0v) is 20.9. The minimum atomic E-state index is -4.58. The molecule has 0 unspecified atom stereocenters. The highest BCUT2D eigenvalue weighted by molar-refractivity contribution is 14.1. The second-order valence-electron chi connectivity index (χ2n) is 9.17. The number of alkyl halides is 3. The zero-order chi connectivity index (χ0) is 24.6. The van der Waals surface area contributed by atoms with Crippen LogP contribution in [-0.4, -0.2) is 31.7 Å². The molecule has 0 bridgehead atoms. The first-order valence-electron chi connectivity index (χ1n) is 11.7. The number of imidazole rings is 1. The Morgan fingerprint density at radius 2 is 1.77 bits per heavy atom. The van der Waals surface area contributed by atoms with E-state index in [1.54, 1.807) is 6.20 Å². The van der Waals surface area contributed by atoms with Crippen LogP contribution in [0.4, 0.5) is 35.1 Å². The van der Waals surface area contributed by atoms with Gasteiger partial charge in [-0.2, -0.15) is 18.2 Å². The van der Waals surface area contributed by atoms with Gasteiger partial charge in [0.25, 0.3) is 0 Å². The summed E-state index contributed by atoms with van der Waals surface area (Å²) in [4.78, 5) is 13.7. The Kier molecular flexibility index (Phi) is 7.02. The van der Waals surface area contributed by atoms with Crippen molar-refractivity contribution >= 4 is 51.8 Å². The van der Waals surface area contributed by atoms with Crippen molar-refractivity contribution in [3.05, 3.63) is 35.8 Å². The molecule has 2 aromatic heterocycles. The van der Waals surface area contributed by atoms with Crippen LogP contribution in [0.1, 0.15) is 63.0 Å². The number of fused-ring (bicyclic) bond motifs is 1. The quantitative estimate of drug-likeness (QED) is 0.235. The largest absolute Gasteiger partial charge is 0.416 e. The molecule has 0 amide bonds. The molecular weight excluding hydrogens is 579 g/mol. The molecule has 7 nitrogen and oxygen atoms in total. The van der Waals surface area contributed by atoms with Crippen molar-refractivity contribution in [1.29, 1.82) is 0 Å². The SMILES string of the molecule is Fc1ccc(C(F)(F)F)cc1Nc1nc2cnc(NC3CCC(OI)CC3)nc2n1C1CCCC1. The number of halogens is 5. The fraction of sp³-hybridized carbons (Fsp3) is 0.522. The average Bonchev–Trinajstić information content (AvgIpc) is 3.47. The highest BCUT2D eigenvalue weighted by Crippen LogP contribution is 2.37. The van der Waals surface area contributed by atoms with Crippen LogP contribution in [0.25, 0.3) is 11.2 Å². The van der Waals surface area contributed by atoms with Crippen molar-refractivity contribution in [2.75, 3.05) is 10.6 Å². The number of anilines is 3. The van der Waals surface area contributed by atoms with Crippen LogP contribution >= 0.6 is 23.0 Å². The Labute approximate surface area is 213 Å². The van der Waals surface area contributed by atoms with Crippen LogP contribution in [0.15, 0.2) is 24.4 Å². The van der Waals surface area contributed by atoms with E-state index in [1.807, 2.05) is 27.6 Å². The first-order valence-corrected chi connectivity index (χ1v) is 12.6. The summed E-state index contributed by atoms with van der Waals surface area (Å²) in [5.74, 6) is -0.0499. The number of hydrogen-bond donors (Lipinski definition) is 2. The maximum Gasteiger partial charge on any atom is 0.416 e.